The number of carbonyl (C=O) groups is 2. The number of piperazine rings is 4. The van der Waals surface area contributed by atoms with Gasteiger partial charge in [0.15, 0.2) is 0 Å². The van der Waals surface area contributed by atoms with Crippen molar-refractivity contribution < 1.29 is 9.59 Å². The average Bonchev–Trinajstić information content (AvgIpc) is 3.13. The van der Waals surface area contributed by atoms with Crippen LogP contribution < -0.4 is 20.4 Å². The largest absolute Gasteiger partial charge is 0.368 e. The minimum Gasteiger partial charge on any atom is -0.368 e. The molecule has 50 heavy (non-hydrogen) atoms. The molecule has 0 bridgehead atoms. The highest BCUT2D eigenvalue weighted by atomic mass is 35.5. The Labute approximate surface area is 312 Å². The minimum atomic E-state index is -0.168. The quantitative estimate of drug-likeness (QED) is 0.435. The van der Waals surface area contributed by atoms with E-state index in [-0.39, 0.29) is 29.9 Å². The number of nitrogens with zero attached hydrogens (tertiary/aromatic N) is 6. The van der Waals surface area contributed by atoms with Crippen LogP contribution >= 0.6 is 34.8 Å². The van der Waals surface area contributed by atoms with E-state index in [9.17, 15) is 9.59 Å². The zero-order valence-electron chi connectivity index (χ0n) is 29.5. The van der Waals surface area contributed by atoms with Gasteiger partial charge in [-0.2, -0.15) is 0 Å². The van der Waals surface area contributed by atoms with Gasteiger partial charge in [-0.05, 0) is 57.2 Å². The van der Waals surface area contributed by atoms with Gasteiger partial charge in [0.25, 0.3) is 0 Å². The van der Waals surface area contributed by atoms with Crippen molar-refractivity contribution >= 4 is 58.0 Å². The molecule has 6 rings (SSSR count). The molecule has 0 saturated carbocycles. The Morgan fingerprint density at radius 2 is 1.48 bits per heavy atom. The van der Waals surface area contributed by atoms with Gasteiger partial charge in [0.05, 0.1) is 28.7 Å². The third-order valence-corrected chi connectivity index (χ3v) is 11.0. The number of benzene rings is 2. The summed E-state index contributed by atoms with van der Waals surface area (Å²) < 4.78 is 0. The van der Waals surface area contributed by atoms with Crippen molar-refractivity contribution in [3.8, 4) is 12.3 Å². The second-order valence-electron chi connectivity index (χ2n) is 13.8. The van der Waals surface area contributed by atoms with Crippen LogP contribution in [0.3, 0.4) is 0 Å². The molecule has 2 amide bonds. The molecule has 2 aromatic rings. The zero-order valence-corrected chi connectivity index (χ0v) is 31.7. The van der Waals surface area contributed by atoms with E-state index >= 15 is 0 Å². The maximum Gasteiger partial charge on any atom is 0.241 e. The van der Waals surface area contributed by atoms with Gasteiger partial charge in [-0.1, -0.05) is 46.8 Å². The molecule has 1 unspecified atom stereocenters. The number of nitrogens with one attached hydrogen (secondary N) is 2. The molecular formula is C37H51Cl3N8O2. The first-order valence-corrected chi connectivity index (χ1v) is 18.8. The minimum absolute atomic E-state index is 0.0867. The van der Waals surface area contributed by atoms with Crippen LogP contribution in [0, 0.1) is 12.3 Å². The molecule has 4 aliphatic rings. The molecular weight excluding hydrogens is 695 g/mol. The summed E-state index contributed by atoms with van der Waals surface area (Å²) in [6.45, 7) is 17.6. The van der Waals surface area contributed by atoms with Gasteiger partial charge in [-0.25, -0.2) is 0 Å². The zero-order chi connectivity index (χ0) is 35.8. The highest BCUT2D eigenvalue weighted by Gasteiger charge is 2.35. The van der Waals surface area contributed by atoms with E-state index in [1.54, 1.807) is 0 Å². The van der Waals surface area contributed by atoms with E-state index in [1.165, 1.54) is 0 Å². The molecule has 0 radical (unpaired) electrons. The highest BCUT2D eigenvalue weighted by molar-refractivity contribution is 6.42. The first kappa shape index (κ1) is 38.5. The van der Waals surface area contributed by atoms with E-state index in [0.717, 1.165) is 81.8 Å². The summed E-state index contributed by atoms with van der Waals surface area (Å²) in [4.78, 5) is 38.8. The van der Waals surface area contributed by atoms with Gasteiger partial charge in [-0.3, -0.25) is 19.4 Å². The molecule has 2 N–H and O–H groups in total. The topological polar surface area (TPSA) is 77.6 Å². The predicted molar refractivity (Wildman–Crippen MR) is 206 cm³/mol. The van der Waals surface area contributed by atoms with Crippen LogP contribution in [0.15, 0.2) is 42.5 Å². The molecule has 4 heterocycles. The Morgan fingerprint density at radius 3 is 2.14 bits per heavy atom. The number of rotatable bonds is 6. The van der Waals surface area contributed by atoms with Gasteiger partial charge in [0.2, 0.25) is 11.8 Å². The van der Waals surface area contributed by atoms with Crippen molar-refractivity contribution in [3.63, 3.8) is 0 Å². The summed E-state index contributed by atoms with van der Waals surface area (Å²) in [5, 5.41) is 8.58. The fourth-order valence-corrected chi connectivity index (χ4v) is 7.61. The number of amides is 2. The van der Waals surface area contributed by atoms with Gasteiger partial charge < -0.3 is 30.2 Å². The molecule has 272 valence electrons. The van der Waals surface area contributed by atoms with E-state index in [1.807, 2.05) is 46.2 Å². The molecule has 0 aromatic heterocycles. The second kappa shape index (κ2) is 18.1. The van der Waals surface area contributed by atoms with Gasteiger partial charge in [-0.15, -0.1) is 6.42 Å². The number of hydrogen-bond donors (Lipinski definition) is 2. The van der Waals surface area contributed by atoms with E-state index in [4.69, 9.17) is 41.2 Å². The first-order valence-electron chi connectivity index (χ1n) is 17.7. The van der Waals surface area contributed by atoms with E-state index in [0.29, 0.717) is 42.3 Å². The summed E-state index contributed by atoms with van der Waals surface area (Å²) >= 11 is 18.2. The number of carbonyl (C=O) groups excluding carboxylic acids is 2. The maximum absolute atomic E-state index is 13.0. The third-order valence-electron chi connectivity index (χ3n) is 10.1. The molecule has 0 aliphatic carbocycles. The van der Waals surface area contributed by atoms with Gasteiger partial charge in [0.1, 0.15) is 0 Å². The van der Waals surface area contributed by atoms with Crippen molar-refractivity contribution in [2.24, 2.45) is 0 Å². The van der Waals surface area contributed by atoms with Crippen molar-refractivity contribution in [2.45, 2.75) is 44.9 Å². The summed E-state index contributed by atoms with van der Waals surface area (Å²) in [5.41, 5.74) is 2.17. The lowest BCUT2D eigenvalue weighted by Crippen LogP contribution is -2.63. The summed E-state index contributed by atoms with van der Waals surface area (Å²) in [7, 11) is 0. The van der Waals surface area contributed by atoms with Crippen molar-refractivity contribution in [2.75, 3.05) is 101 Å². The van der Waals surface area contributed by atoms with Crippen molar-refractivity contribution in [3.05, 3.63) is 57.5 Å². The third kappa shape index (κ3) is 9.97. The smallest absolute Gasteiger partial charge is 0.241 e. The predicted octanol–water partition coefficient (Wildman–Crippen LogP) is 3.61. The standard InChI is InChI=1S/C19H29ClN4O.C18H22Cl2N4O/c1-14(2)22-8-7-21-18(13-22)19(25)24-10-9-23(12-15(24)3)17-6-4-5-16(20)11-17;1-2-6-22-7-5-21-17(13-22)18(25)24-10-8-23(9-11-24)14-3-4-15(19)16(20)12-14/h4-6,11,14-15,18,21H,7-10,12-13H2,1-3H3;1,3-4,12,17,21H,5-11,13H2/t15?,18-;17-/m11/s1. The van der Waals surface area contributed by atoms with Gasteiger partial charge in [0, 0.05) is 114 Å². The normalized spacial score (nSPS) is 23.7. The average molecular weight is 746 g/mol. The van der Waals surface area contributed by atoms with Crippen LogP contribution in [0.1, 0.15) is 20.8 Å². The Morgan fingerprint density at radius 1 is 0.800 bits per heavy atom. The number of hydrogen-bond acceptors (Lipinski definition) is 8. The fraction of sp³-hybridized carbons (Fsp3) is 0.568. The lowest BCUT2D eigenvalue weighted by molar-refractivity contribution is -0.137. The molecule has 4 saturated heterocycles. The van der Waals surface area contributed by atoms with Crippen LogP contribution in [-0.4, -0.2) is 147 Å². The first-order chi connectivity index (χ1) is 24.0. The Bertz CT molecular complexity index is 1500. The van der Waals surface area contributed by atoms with Gasteiger partial charge >= 0.3 is 0 Å². The Balaban J connectivity index is 0.000000194. The van der Waals surface area contributed by atoms with Crippen LogP contribution in [0.2, 0.25) is 15.1 Å². The number of halogens is 3. The van der Waals surface area contributed by atoms with Crippen LogP contribution in [0.5, 0.6) is 0 Å². The van der Waals surface area contributed by atoms with E-state index in [2.05, 4.69) is 63.0 Å². The van der Waals surface area contributed by atoms with Crippen LogP contribution in [-0.2, 0) is 9.59 Å². The molecule has 10 nitrogen and oxygen atoms in total. The second-order valence-corrected chi connectivity index (χ2v) is 15.0. The molecule has 3 atom stereocenters. The monoisotopic (exact) mass is 744 g/mol. The Kier molecular flexibility index (Phi) is 14.0. The van der Waals surface area contributed by atoms with Crippen LogP contribution in [0.25, 0.3) is 0 Å². The molecule has 4 aliphatic heterocycles. The fourth-order valence-electron chi connectivity index (χ4n) is 7.14. The van der Waals surface area contributed by atoms with E-state index < -0.39 is 0 Å². The molecule has 2 aromatic carbocycles. The maximum atomic E-state index is 13.0. The summed E-state index contributed by atoms with van der Waals surface area (Å²) in [6, 6.07) is 14.0. The van der Waals surface area contributed by atoms with Crippen molar-refractivity contribution in [1.29, 1.82) is 0 Å². The van der Waals surface area contributed by atoms with Crippen LogP contribution in [0.4, 0.5) is 11.4 Å². The Hall–Kier alpha value is -2.75. The molecule has 0 spiro atoms. The highest BCUT2D eigenvalue weighted by Crippen LogP contribution is 2.28. The van der Waals surface area contributed by atoms with Crippen molar-refractivity contribution in [1.82, 2.24) is 30.2 Å². The summed E-state index contributed by atoms with van der Waals surface area (Å²) in [6.07, 6.45) is 5.38. The SMILES string of the molecule is C#CCN1CCN[C@@H](C(=O)N2CCN(c3ccc(Cl)c(Cl)c3)CC2)C1.CC(C)N1CCN[C@@H](C(=O)N2CCN(c3cccc(Cl)c3)CC2C)C1. The molecule has 13 heteroatoms. The number of anilines is 2. The number of terminal acetylenes is 1. The molecule has 4 fully saturated rings. The lowest BCUT2D eigenvalue weighted by atomic mass is 10.1. The summed E-state index contributed by atoms with van der Waals surface area (Å²) in [5.74, 6) is 3.06. The lowest BCUT2D eigenvalue weighted by Gasteiger charge is -2.44.